The highest BCUT2D eigenvalue weighted by molar-refractivity contribution is 7.99. The number of amides is 1. The molecule has 0 saturated carbocycles. The molecular weight excluding hydrogens is 547 g/mol. The van der Waals surface area contributed by atoms with E-state index in [0.29, 0.717) is 59.4 Å². The lowest BCUT2D eigenvalue weighted by Crippen LogP contribution is -2.36. The molecular formula is C30H31FN4O5S. The Morgan fingerprint density at radius 1 is 1.02 bits per heavy atom. The number of nitrogens with one attached hydrogen (secondary N) is 1. The molecule has 1 N–H and O–H groups in total. The Hall–Kier alpha value is -4.09. The van der Waals surface area contributed by atoms with Crippen molar-refractivity contribution in [2.75, 3.05) is 56.5 Å². The predicted octanol–water partition coefficient (Wildman–Crippen LogP) is 4.36. The van der Waals surface area contributed by atoms with Crippen LogP contribution in [-0.4, -0.2) is 61.7 Å². The fourth-order valence-electron chi connectivity index (χ4n) is 4.65. The average Bonchev–Trinajstić information content (AvgIpc) is 3.01. The molecule has 0 aliphatic carbocycles. The first-order chi connectivity index (χ1) is 19.9. The van der Waals surface area contributed by atoms with E-state index >= 15 is 0 Å². The second-order valence-electron chi connectivity index (χ2n) is 9.44. The van der Waals surface area contributed by atoms with Crippen LogP contribution in [0.5, 0.6) is 11.5 Å². The molecule has 1 aromatic heterocycles. The highest BCUT2D eigenvalue weighted by atomic mass is 32.2. The summed E-state index contributed by atoms with van der Waals surface area (Å²) in [5.41, 5.74) is 2.79. The topological polar surface area (TPSA) is 94.9 Å². The normalized spacial score (nSPS) is 13.3. The summed E-state index contributed by atoms with van der Waals surface area (Å²) in [6.07, 6.45) is 0.534. The number of rotatable bonds is 10. The van der Waals surface area contributed by atoms with Gasteiger partial charge in [0.25, 0.3) is 5.56 Å². The van der Waals surface area contributed by atoms with Crippen molar-refractivity contribution in [3.05, 3.63) is 82.4 Å². The maximum Gasteiger partial charge on any atom is 0.262 e. The minimum Gasteiger partial charge on any atom is -0.493 e. The van der Waals surface area contributed by atoms with Gasteiger partial charge in [-0.3, -0.25) is 14.2 Å². The highest BCUT2D eigenvalue weighted by Crippen LogP contribution is 2.28. The summed E-state index contributed by atoms with van der Waals surface area (Å²) in [6.45, 7) is 3.14. The van der Waals surface area contributed by atoms with E-state index in [1.165, 1.54) is 36.0 Å². The Morgan fingerprint density at radius 3 is 2.51 bits per heavy atom. The monoisotopic (exact) mass is 578 g/mol. The van der Waals surface area contributed by atoms with Gasteiger partial charge in [0.2, 0.25) is 5.91 Å². The number of carbonyl (C=O) groups is 1. The van der Waals surface area contributed by atoms with Crippen molar-refractivity contribution in [2.45, 2.75) is 18.1 Å². The number of nitrogens with zero attached hydrogens (tertiary/aromatic N) is 3. The molecule has 3 aromatic carbocycles. The molecule has 0 atom stereocenters. The highest BCUT2D eigenvalue weighted by Gasteiger charge is 2.17. The third-order valence-electron chi connectivity index (χ3n) is 6.81. The van der Waals surface area contributed by atoms with Gasteiger partial charge in [-0.2, -0.15) is 0 Å². The van der Waals surface area contributed by atoms with E-state index in [0.717, 1.165) is 24.3 Å². The number of carbonyl (C=O) groups excluding carboxylic acids is 1. The maximum absolute atomic E-state index is 13.9. The lowest BCUT2D eigenvalue weighted by molar-refractivity contribution is -0.113. The van der Waals surface area contributed by atoms with Gasteiger partial charge < -0.3 is 24.4 Å². The van der Waals surface area contributed by atoms with Gasteiger partial charge in [-0.25, -0.2) is 9.37 Å². The molecule has 1 aliphatic rings. The Morgan fingerprint density at radius 2 is 1.78 bits per heavy atom. The van der Waals surface area contributed by atoms with E-state index in [4.69, 9.17) is 19.2 Å². The Labute approximate surface area is 241 Å². The van der Waals surface area contributed by atoms with Gasteiger partial charge in [-0.15, -0.1) is 0 Å². The number of ether oxygens (including phenoxy) is 3. The van der Waals surface area contributed by atoms with Crippen LogP contribution in [0.3, 0.4) is 0 Å². The summed E-state index contributed by atoms with van der Waals surface area (Å²) in [6, 6.07) is 16.9. The first kappa shape index (κ1) is 28.4. The molecule has 41 heavy (non-hydrogen) atoms. The van der Waals surface area contributed by atoms with Crippen molar-refractivity contribution in [2.24, 2.45) is 0 Å². The van der Waals surface area contributed by atoms with Gasteiger partial charge in [0.05, 0.1) is 44.1 Å². The molecule has 11 heteroatoms. The second-order valence-corrected chi connectivity index (χ2v) is 10.4. The zero-order valence-electron chi connectivity index (χ0n) is 22.9. The van der Waals surface area contributed by atoms with Crippen LogP contribution in [0.15, 0.2) is 70.6 Å². The molecule has 0 radical (unpaired) electrons. The van der Waals surface area contributed by atoms with Gasteiger partial charge >= 0.3 is 0 Å². The Balaban J connectivity index is 1.43. The van der Waals surface area contributed by atoms with Crippen LogP contribution in [0.25, 0.3) is 10.9 Å². The molecule has 1 aliphatic heterocycles. The quantitative estimate of drug-likeness (QED) is 0.219. The summed E-state index contributed by atoms with van der Waals surface area (Å²) in [7, 11) is 3.16. The summed E-state index contributed by atoms with van der Waals surface area (Å²) < 4.78 is 31.1. The molecule has 2 heterocycles. The lowest BCUT2D eigenvalue weighted by atomic mass is 10.1. The van der Waals surface area contributed by atoms with E-state index in [-0.39, 0.29) is 23.0 Å². The van der Waals surface area contributed by atoms with Crippen LogP contribution in [0, 0.1) is 5.82 Å². The zero-order valence-corrected chi connectivity index (χ0v) is 23.7. The van der Waals surface area contributed by atoms with Crippen LogP contribution in [0.1, 0.15) is 5.56 Å². The van der Waals surface area contributed by atoms with Gasteiger partial charge in [0, 0.05) is 31.0 Å². The number of methoxy groups -OCH3 is 2. The average molecular weight is 579 g/mol. The molecule has 5 rings (SSSR count). The Kier molecular flexibility index (Phi) is 9.05. The van der Waals surface area contributed by atoms with Crippen molar-refractivity contribution >= 4 is 39.9 Å². The van der Waals surface area contributed by atoms with Crippen LogP contribution in [0.2, 0.25) is 0 Å². The molecule has 1 saturated heterocycles. The molecule has 1 fully saturated rings. The van der Waals surface area contributed by atoms with E-state index in [1.54, 1.807) is 18.8 Å². The van der Waals surface area contributed by atoms with E-state index < -0.39 is 0 Å². The third-order valence-corrected chi connectivity index (χ3v) is 7.79. The summed E-state index contributed by atoms with van der Waals surface area (Å²) >= 11 is 1.18. The van der Waals surface area contributed by atoms with Gasteiger partial charge in [0.15, 0.2) is 16.7 Å². The van der Waals surface area contributed by atoms with Crippen LogP contribution in [0.4, 0.5) is 15.8 Å². The van der Waals surface area contributed by atoms with Crippen LogP contribution >= 0.6 is 11.8 Å². The van der Waals surface area contributed by atoms with Crippen molar-refractivity contribution < 1.29 is 23.4 Å². The number of aromatic nitrogens is 2. The number of thioether (sulfide) groups is 1. The minimum absolute atomic E-state index is 0.0253. The first-order valence-corrected chi connectivity index (χ1v) is 14.2. The smallest absolute Gasteiger partial charge is 0.262 e. The number of fused-ring (bicyclic) bond motifs is 1. The summed E-state index contributed by atoms with van der Waals surface area (Å²) in [4.78, 5) is 33.5. The molecule has 0 unspecified atom stereocenters. The fraction of sp³-hybridized carbons (Fsp3) is 0.300. The first-order valence-electron chi connectivity index (χ1n) is 13.2. The molecule has 4 aromatic rings. The number of hydrogen-bond acceptors (Lipinski definition) is 8. The van der Waals surface area contributed by atoms with E-state index in [1.807, 2.05) is 36.4 Å². The largest absolute Gasteiger partial charge is 0.493 e. The van der Waals surface area contributed by atoms with Crippen LogP contribution < -0.4 is 25.2 Å². The number of aryl methyl sites for hydroxylation is 1. The molecule has 0 spiro atoms. The lowest BCUT2D eigenvalue weighted by Gasteiger charge is -2.29. The van der Waals surface area contributed by atoms with E-state index in [9.17, 15) is 14.0 Å². The number of morpholine rings is 1. The number of halogens is 1. The van der Waals surface area contributed by atoms with Gasteiger partial charge in [-0.05, 0) is 66.6 Å². The van der Waals surface area contributed by atoms with Crippen molar-refractivity contribution in [1.82, 2.24) is 9.55 Å². The van der Waals surface area contributed by atoms with E-state index in [2.05, 4.69) is 10.2 Å². The molecule has 1 amide bonds. The summed E-state index contributed by atoms with van der Waals surface area (Å²) in [5, 5.41) is 3.71. The Bertz CT molecular complexity index is 1590. The SMILES string of the molecule is COc1ccc(CCn2c(SCC(=O)Nc3ccc(F)cc3)nc3ccc(N4CCOCC4)cc3c2=O)cc1OC. The van der Waals surface area contributed by atoms with Gasteiger partial charge in [-0.1, -0.05) is 17.8 Å². The molecule has 9 nitrogen and oxygen atoms in total. The summed E-state index contributed by atoms with van der Waals surface area (Å²) in [5.74, 6) is 0.589. The molecule has 0 bridgehead atoms. The number of benzene rings is 3. The standard InChI is InChI=1S/C30H31FN4O5S/c1-38-26-10-3-20(17-27(26)39-2)11-12-35-29(37)24-18-23(34-13-15-40-16-14-34)8-9-25(24)33-30(35)41-19-28(36)32-22-6-4-21(31)5-7-22/h3-10,17-18H,11-16,19H2,1-2H3,(H,32,36). The minimum atomic E-state index is -0.381. The molecule has 214 valence electrons. The van der Waals surface area contributed by atoms with Crippen molar-refractivity contribution in [1.29, 1.82) is 0 Å². The maximum atomic E-state index is 13.9. The zero-order chi connectivity index (χ0) is 28.8. The second kappa shape index (κ2) is 13.0. The van der Waals surface area contributed by atoms with Crippen LogP contribution in [-0.2, 0) is 22.5 Å². The predicted molar refractivity (Wildman–Crippen MR) is 158 cm³/mol. The van der Waals surface area contributed by atoms with Gasteiger partial charge in [0.1, 0.15) is 5.82 Å². The van der Waals surface area contributed by atoms with Crippen molar-refractivity contribution in [3.63, 3.8) is 0 Å². The van der Waals surface area contributed by atoms with Crippen molar-refractivity contribution in [3.8, 4) is 11.5 Å². The fourth-order valence-corrected chi connectivity index (χ4v) is 5.48. The number of hydrogen-bond donors (Lipinski definition) is 1. The number of anilines is 2. The third kappa shape index (κ3) is 6.80.